The van der Waals surface area contributed by atoms with Crippen LogP contribution < -0.4 is 10.1 Å². The van der Waals surface area contributed by atoms with E-state index >= 15 is 4.39 Å². The first-order valence-corrected chi connectivity index (χ1v) is 12.6. The first-order valence-electron chi connectivity index (χ1n) is 10.6. The van der Waals surface area contributed by atoms with Crippen LogP contribution >= 0.6 is 11.6 Å². The van der Waals surface area contributed by atoms with Crippen LogP contribution in [0, 0.1) is 5.82 Å². The number of fused-ring (bicyclic) bond motifs is 3. The Morgan fingerprint density at radius 2 is 2.16 bits per heavy atom. The number of nitrogens with one attached hydrogen (secondary N) is 2. The molecule has 0 atom stereocenters. The molecular weight excluding hydrogens is 453 g/mol. The summed E-state index contributed by atoms with van der Waals surface area (Å²) < 4.78 is 46.0. The molecule has 0 radical (unpaired) electrons. The molecule has 2 aromatic heterocycles. The molecule has 0 saturated carbocycles. The molecule has 0 unspecified atom stereocenters. The van der Waals surface area contributed by atoms with E-state index in [1.807, 2.05) is 7.05 Å². The highest BCUT2D eigenvalue weighted by Crippen LogP contribution is 2.41. The van der Waals surface area contributed by atoms with Gasteiger partial charge in [0.05, 0.1) is 27.8 Å². The van der Waals surface area contributed by atoms with Gasteiger partial charge in [0.15, 0.2) is 21.4 Å². The molecule has 0 amide bonds. The second-order valence-corrected chi connectivity index (χ2v) is 10.4. The maximum atomic E-state index is 15.3. The molecule has 3 aromatic rings. The van der Waals surface area contributed by atoms with Crippen LogP contribution in [-0.4, -0.2) is 44.3 Å². The average Bonchev–Trinajstić information content (AvgIpc) is 3.16. The third kappa shape index (κ3) is 4.27. The van der Waals surface area contributed by atoms with Gasteiger partial charge in [-0.25, -0.2) is 17.8 Å². The van der Waals surface area contributed by atoms with E-state index in [1.54, 1.807) is 25.1 Å². The van der Waals surface area contributed by atoms with E-state index in [0.29, 0.717) is 41.2 Å². The predicted octanol–water partition coefficient (Wildman–Crippen LogP) is 4.99. The smallest absolute Gasteiger partial charge is 0.179 e. The number of halogens is 2. The van der Waals surface area contributed by atoms with Gasteiger partial charge in [0.2, 0.25) is 0 Å². The third-order valence-electron chi connectivity index (χ3n) is 5.58. The van der Waals surface area contributed by atoms with Crippen molar-refractivity contribution in [2.75, 3.05) is 26.0 Å². The molecule has 9 heteroatoms. The van der Waals surface area contributed by atoms with Crippen LogP contribution in [0.5, 0.6) is 5.75 Å². The minimum atomic E-state index is -3.37. The number of sulfone groups is 1. The highest BCUT2D eigenvalue weighted by Gasteiger charge is 2.24. The van der Waals surface area contributed by atoms with Gasteiger partial charge in [-0.3, -0.25) is 0 Å². The summed E-state index contributed by atoms with van der Waals surface area (Å²) in [6.07, 6.45) is 6.78. The molecule has 2 heterocycles. The summed E-state index contributed by atoms with van der Waals surface area (Å²) >= 11 is 6.21. The normalized spacial score (nSPS) is 14.6. The minimum absolute atomic E-state index is 0.0123. The number of hydrogen-bond acceptors (Lipinski definition) is 5. The monoisotopic (exact) mass is 477 g/mol. The number of benzene rings is 1. The SMILES string of the molecule is CCS(=O)(=O)C1=CCCC(c2cc(F)c(OCCCNC)c3[nH]c4ncc(Cl)cc4c23)=C1. The summed E-state index contributed by atoms with van der Waals surface area (Å²) in [5.74, 6) is -0.370. The van der Waals surface area contributed by atoms with Crippen molar-refractivity contribution in [3.63, 3.8) is 0 Å². The molecule has 0 bridgehead atoms. The summed E-state index contributed by atoms with van der Waals surface area (Å²) in [6.45, 7) is 2.71. The van der Waals surface area contributed by atoms with E-state index in [9.17, 15) is 8.42 Å². The maximum absolute atomic E-state index is 15.3. The Kier molecular flexibility index (Phi) is 6.55. The number of ether oxygens (including phenoxy) is 1. The van der Waals surface area contributed by atoms with Crippen LogP contribution in [0.25, 0.3) is 27.5 Å². The second kappa shape index (κ2) is 9.21. The Morgan fingerprint density at radius 1 is 1.34 bits per heavy atom. The van der Waals surface area contributed by atoms with E-state index in [2.05, 4.69) is 15.3 Å². The van der Waals surface area contributed by atoms with Crippen LogP contribution in [0.3, 0.4) is 0 Å². The van der Waals surface area contributed by atoms with Crippen molar-refractivity contribution in [3.05, 3.63) is 51.8 Å². The van der Waals surface area contributed by atoms with Crippen molar-refractivity contribution >= 4 is 48.9 Å². The molecule has 170 valence electrons. The lowest BCUT2D eigenvalue weighted by Crippen LogP contribution is -2.12. The first-order chi connectivity index (χ1) is 15.4. The Labute approximate surface area is 191 Å². The summed E-state index contributed by atoms with van der Waals surface area (Å²) in [5.41, 5.74) is 2.42. The molecule has 0 fully saturated rings. The Hall–Kier alpha value is -2.42. The van der Waals surface area contributed by atoms with Gasteiger partial charge in [-0.1, -0.05) is 24.6 Å². The largest absolute Gasteiger partial charge is 0.488 e. The fourth-order valence-corrected chi connectivity index (χ4v) is 5.15. The molecule has 4 rings (SSSR count). The van der Waals surface area contributed by atoms with Crippen molar-refractivity contribution < 1.29 is 17.5 Å². The highest BCUT2D eigenvalue weighted by atomic mass is 35.5. The maximum Gasteiger partial charge on any atom is 0.179 e. The molecule has 0 spiro atoms. The van der Waals surface area contributed by atoms with E-state index in [-0.39, 0.29) is 16.4 Å². The second-order valence-electron chi connectivity index (χ2n) is 7.68. The van der Waals surface area contributed by atoms with E-state index in [1.165, 1.54) is 12.3 Å². The van der Waals surface area contributed by atoms with Gasteiger partial charge >= 0.3 is 0 Å². The number of allylic oxidation sites excluding steroid dienone is 3. The van der Waals surface area contributed by atoms with Gasteiger partial charge < -0.3 is 15.0 Å². The molecule has 1 aromatic carbocycles. The fourth-order valence-electron chi connectivity index (χ4n) is 3.97. The molecule has 1 aliphatic rings. The zero-order valence-corrected chi connectivity index (χ0v) is 19.5. The lowest BCUT2D eigenvalue weighted by Gasteiger charge is -2.17. The van der Waals surface area contributed by atoms with Crippen molar-refractivity contribution in [3.8, 4) is 5.75 Å². The molecule has 1 aliphatic carbocycles. The average molecular weight is 478 g/mol. The number of H-pyrrole nitrogens is 1. The quantitative estimate of drug-likeness (QED) is 0.446. The van der Waals surface area contributed by atoms with Crippen molar-refractivity contribution in [1.29, 1.82) is 0 Å². The van der Waals surface area contributed by atoms with Gasteiger partial charge in [0, 0.05) is 17.0 Å². The summed E-state index contributed by atoms with van der Waals surface area (Å²) in [7, 11) is -1.52. The van der Waals surface area contributed by atoms with Crippen molar-refractivity contribution in [1.82, 2.24) is 15.3 Å². The number of rotatable bonds is 8. The highest BCUT2D eigenvalue weighted by molar-refractivity contribution is 7.95. The van der Waals surface area contributed by atoms with Crippen LogP contribution in [0.4, 0.5) is 4.39 Å². The van der Waals surface area contributed by atoms with E-state index < -0.39 is 15.7 Å². The zero-order chi connectivity index (χ0) is 22.9. The lowest BCUT2D eigenvalue weighted by molar-refractivity contribution is 0.298. The van der Waals surface area contributed by atoms with Crippen molar-refractivity contribution in [2.45, 2.75) is 26.2 Å². The van der Waals surface area contributed by atoms with Crippen LogP contribution in [0.2, 0.25) is 5.02 Å². The molecular formula is C23H25ClFN3O3S. The van der Waals surface area contributed by atoms with Gasteiger partial charge in [0.1, 0.15) is 5.65 Å². The number of aromatic nitrogens is 2. The summed E-state index contributed by atoms with van der Waals surface area (Å²) in [5, 5.41) is 4.95. The number of nitrogens with zero attached hydrogens (tertiary/aromatic N) is 1. The van der Waals surface area contributed by atoms with Crippen LogP contribution in [0.15, 0.2) is 35.4 Å². The third-order valence-corrected chi connectivity index (χ3v) is 7.55. The molecule has 2 N–H and O–H groups in total. The molecule has 0 aliphatic heterocycles. The van der Waals surface area contributed by atoms with Gasteiger partial charge in [-0.15, -0.1) is 0 Å². The molecule has 32 heavy (non-hydrogen) atoms. The summed E-state index contributed by atoms with van der Waals surface area (Å²) in [4.78, 5) is 7.80. The van der Waals surface area contributed by atoms with Crippen LogP contribution in [-0.2, 0) is 9.84 Å². The topological polar surface area (TPSA) is 84.1 Å². The molecule has 6 nitrogen and oxygen atoms in total. The van der Waals surface area contributed by atoms with E-state index in [0.717, 1.165) is 29.3 Å². The fraction of sp³-hybridized carbons (Fsp3) is 0.348. The minimum Gasteiger partial charge on any atom is -0.488 e. The molecule has 0 saturated heterocycles. The van der Waals surface area contributed by atoms with Gasteiger partial charge in [-0.05, 0) is 62.2 Å². The summed E-state index contributed by atoms with van der Waals surface area (Å²) in [6, 6.07) is 3.20. The van der Waals surface area contributed by atoms with Crippen molar-refractivity contribution in [2.24, 2.45) is 0 Å². The zero-order valence-electron chi connectivity index (χ0n) is 18.0. The number of pyridine rings is 1. The van der Waals surface area contributed by atoms with Crippen LogP contribution in [0.1, 0.15) is 31.7 Å². The van der Waals surface area contributed by atoms with E-state index in [4.69, 9.17) is 16.3 Å². The first kappa shape index (κ1) is 22.8. The number of aromatic amines is 1. The Bertz CT molecular complexity index is 1350. The lowest BCUT2D eigenvalue weighted by atomic mass is 9.93. The van der Waals surface area contributed by atoms with Gasteiger partial charge in [-0.2, -0.15) is 0 Å². The standard InChI is InChI=1S/C23H25ClFN3O3S/c1-3-32(29,30)16-7-4-6-14(10-16)17-12-19(25)22(31-9-5-8-26-2)21-20(17)18-11-15(24)13-27-23(18)28-21/h7,10-13,26H,3-6,8-9H2,1-2H3,(H,27,28). The predicted molar refractivity (Wildman–Crippen MR) is 127 cm³/mol. The van der Waals surface area contributed by atoms with Gasteiger partial charge in [0.25, 0.3) is 0 Å². The Morgan fingerprint density at radius 3 is 2.91 bits per heavy atom. The Balaban J connectivity index is 1.93. The number of hydrogen-bond donors (Lipinski definition) is 2.